The minimum absolute atomic E-state index is 0.350. The third kappa shape index (κ3) is 1.26. The Bertz CT molecular complexity index is 223. The number of hydrogen-bond donors (Lipinski definition) is 3. The van der Waals surface area contributed by atoms with Gasteiger partial charge < -0.3 is 15.9 Å². The molecule has 0 bridgehead atoms. The van der Waals surface area contributed by atoms with Crippen LogP contribution < -0.4 is 5.73 Å². The number of anilines is 1. The highest BCUT2D eigenvalue weighted by molar-refractivity contribution is 5.46. The van der Waals surface area contributed by atoms with E-state index in [4.69, 9.17) is 15.9 Å². The summed E-state index contributed by atoms with van der Waals surface area (Å²) in [5.41, 5.74) is 6.15. The first-order chi connectivity index (χ1) is 4.72. The molecule has 0 aromatic heterocycles. The monoisotopic (exact) mass is 139 g/mol. The van der Waals surface area contributed by atoms with Gasteiger partial charge in [-0.2, -0.15) is 0 Å². The maximum Gasteiger partial charge on any atom is 0.180 e. The Balaban J connectivity index is 3.03. The molecule has 0 aliphatic carbocycles. The molecule has 0 aliphatic rings. The van der Waals surface area contributed by atoms with Gasteiger partial charge in [0.15, 0.2) is 6.29 Å². The number of aliphatic hydroxyl groups is 2. The summed E-state index contributed by atoms with van der Waals surface area (Å²) in [6.07, 6.45) is -1.47. The van der Waals surface area contributed by atoms with Crippen molar-refractivity contribution >= 4 is 5.69 Å². The van der Waals surface area contributed by atoms with Gasteiger partial charge in [0.05, 0.1) is 0 Å². The first kappa shape index (κ1) is 7.05. The first-order valence-corrected chi connectivity index (χ1v) is 2.92. The zero-order chi connectivity index (χ0) is 7.56. The Labute approximate surface area is 58.7 Å². The summed E-state index contributed by atoms with van der Waals surface area (Å²) < 4.78 is 0. The van der Waals surface area contributed by atoms with Crippen LogP contribution in [0.2, 0.25) is 0 Å². The zero-order valence-corrected chi connectivity index (χ0v) is 5.36. The van der Waals surface area contributed by atoms with Gasteiger partial charge in [0.1, 0.15) is 0 Å². The molecule has 0 amide bonds. The largest absolute Gasteiger partial charge is 0.398 e. The molecular weight excluding hydrogens is 130 g/mol. The van der Waals surface area contributed by atoms with Crippen LogP contribution in [0, 0.1) is 0 Å². The van der Waals surface area contributed by atoms with Crippen molar-refractivity contribution in [1.82, 2.24) is 0 Å². The van der Waals surface area contributed by atoms with Gasteiger partial charge >= 0.3 is 0 Å². The van der Waals surface area contributed by atoms with Crippen molar-refractivity contribution in [3.05, 3.63) is 29.8 Å². The predicted molar refractivity (Wildman–Crippen MR) is 38.0 cm³/mol. The van der Waals surface area contributed by atoms with Crippen LogP contribution in [0.15, 0.2) is 24.3 Å². The van der Waals surface area contributed by atoms with Crippen LogP contribution in [0.5, 0.6) is 0 Å². The Morgan fingerprint density at radius 2 is 1.80 bits per heavy atom. The molecule has 0 heterocycles. The van der Waals surface area contributed by atoms with Crippen LogP contribution in [-0.4, -0.2) is 10.2 Å². The van der Waals surface area contributed by atoms with Crippen molar-refractivity contribution in [1.29, 1.82) is 0 Å². The lowest BCUT2D eigenvalue weighted by atomic mass is 10.2. The molecule has 0 spiro atoms. The molecule has 1 aromatic rings. The topological polar surface area (TPSA) is 66.5 Å². The summed E-state index contributed by atoms with van der Waals surface area (Å²) >= 11 is 0. The third-order valence-corrected chi connectivity index (χ3v) is 1.27. The fraction of sp³-hybridized carbons (Fsp3) is 0.143. The molecule has 10 heavy (non-hydrogen) atoms. The molecule has 0 aliphatic heterocycles. The van der Waals surface area contributed by atoms with Gasteiger partial charge in [0, 0.05) is 11.3 Å². The maximum absolute atomic E-state index is 8.68. The average Bonchev–Trinajstić information content (AvgIpc) is 1.88. The van der Waals surface area contributed by atoms with E-state index in [2.05, 4.69) is 0 Å². The summed E-state index contributed by atoms with van der Waals surface area (Å²) in [5.74, 6) is 0. The average molecular weight is 139 g/mol. The third-order valence-electron chi connectivity index (χ3n) is 1.27. The molecule has 1 rings (SSSR count). The maximum atomic E-state index is 8.68. The van der Waals surface area contributed by atoms with Gasteiger partial charge in [-0.05, 0) is 6.07 Å². The van der Waals surface area contributed by atoms with E-state index in [1.54, 1.807) is 24.3 Å². The van der Waals surface area contributed by atoms with E-state index in [-0.39, 0.29) is 0 Å². The van der Waals surface area contributed by atoms with E-state index >= 15 is 0 Å². The minimum Gasteiger partial charge on any atom is -0.398 e. The van der Waals surface area contributed by atoms with Gasteiger partial charge in [0.2, 0.25) is 0 Å². The molecular formula is C7H9NO2. The number of aliphatic hydroxyl groups excluding tert-OH is 1. The molecule has 54 valence electrons. The Kier molecular flexibility index (Phi) is 1.89. The Morgan fingerprint density at radius 1 is 1.20 bits per heavy atom. The highest BCUT2D eigenvalue weighted by Gasteiger charge is 2.03. The molecule has 0 unspecified atom stereocenters. The molecule has 0 radical (unpaired) electrons. The molecule has 3 nitrogen and oxygen atoms in total. The molecule has 1 aromatic carbocycles. The Hall–Kier alpha value is -1.06. The second kappa shape index (κ2) is 2.68. The van der Waals surface area contributed by atoms with Gasteiger partial charge in [-0.1, -0.05) is 18.2 Å². The minimum atomic E-state index is -1.47. The number of para-hydroxylation sites is 1. The van der Waals surface area contributed by atoms with Crippen molar-refractivity contribution in [2.45, 2.75) is 6.29 Å². The van der Waals surface area contributed by atoms with E-state index in [0.717, 1.165) is 0 Å². The van der Waals surface area contributed by atoms with Gasteiger partial charge in [-0.3, -0.25) is 0 Å². The molecule has 0 atom stereocenters. The summed E-state index contributed by atoms with van der Waals surface area (Å²) in [5, 5.41) is 17.4. The standard InChI is InChI=1S/C7H9NO2/c8-6-4-2-1-3-5(6)7(9)10/h1-4,7,9-10H,8H2. The number of hydrogen-bond acceptors (Lipinski definition) is 3. The summed E-state index contributed by atoms with van der Waals surface area (Å²) in [6.45, 7) is 0. The van der Waals surface area contributed by atoms with Crippen molar-refractivity contribution < 1.29 is 10.2 Å². The van der Waals surface area contributed by atoms with Crippen molar-refractivity contribution in [2.24, 2.45) is 0 Å². The number of nitrogens with two attached hydrogens (primary N) is 1. The predicted octanol–water partition coefficient (Wildman–Crippen LogP) is 0.252. The van der Waals surface area contributed by atoms with Gasteiger partial charge in [-0.15, -0.1) is 0 Å². The van der Waals surface area contributed by atoms with Gasteiger partial charge in [-0.25, -0.2) is 0 Å². The second-order valence-electron chi connectivity index (χ2n) is 2.00. The normalized spacial score (nSPS) is 10.3. The first-order valence-electron chi connectivity index (χ1n) is 2.92. The molecule has 0 saturated heterocycles. The fourth-order valence-corrected chi connectivity index (χ4v) is 0.746. The van der Waals surface area contributed by atoms with E-state index in [1.807, 2.05) is 0 Å². The number of benzene rings is 1. The molecule has 0 saturated carbocycles. The fourth-order valence-electron chi connectivity index (χ4n) is 0.746. The van der Waals surface area contributed by atoms with Crippen LogP contribution in [0.4, 0.5) is 5.69 Å². The second-order valence-corrected chi connectivity index (χ2v) is 2.00. The lowest BCUT2D eigenvalue weighted by molar-refractivity contribution is -0.0418. The number of nitrogen functional groups attached to an aromatic ring is 1. The summed E-state index contributed by atoms with van der Waals surface area (Å²) in [6, 6.07) is 6.63. The molecule has 4 N–H and O–H groups in total. The Morgan fingerprint density at radius 3 is 2.20 bits per heavy atom. The zero-order valence-electron chi connectivity index (χ0n) is 5.36. The van der Waals surface area contributed by atoms with Crippen LogP contribution in [-0.2, 0) is 0 Å². The lowest BCUT2D eigenvalue weighted by Gasteiger charge is -2.05. The number of rotatable bonds is 1. The van der Waals surface area contributed by atoms with E-state index in [0.29, 0.717) is 11.3 Å². The quantitative estimate of drug-likeness (QED) is 0.386. The summed E-state index contributed by atoms with van der Waals surface area (Å²) in [7, 11) is 0. The molecule has 3 heteroatoms. The van der Waals surface area contributed by atoms with Crippen LogP contribution in [0.25, 0.3) is 0 Å². The van der Waals surface area contributed by atoms with Gasteiger partial charge in [0.25, 0.3) is 0 Å². The SMILES string of the molecule is Nc1ccccc1C(O)O. The van der Waals surface area contributed by atoms with Crippen molar-refractivity contribution in [3.8, 4) is 0 Å². The van der Waals surface area contributed by atoms with Crippen LogP contribution in [0.1, 0.15) is 11.9 Å². The lowest BCUT2D eigenvalue weighted by Crippen LogP contribution is -1.99. The van der Waals surface area contributed by atoms with Crippen LogP contribution >= 0.6 is 0 Å². The van der Waals surface area contributed by atoms with E-state index < -0.39 is 6.29 Å². The highest BCUT2D eigenvalue weighted by Crippen LogP contribution is 2.16. The van der Waals surface area contributed by atoms with Crippen molar-refractivity contribution in [2.75, 3.05) is 5.73 Å². The smallest absolute Gasteiger partial charge is 0.180 e. The van der Waals surface area contributed by atoms with Crippen LogP contribution in [0.3, 0.4) is 0 Å². The van der Waals surface area contributed by atoms with E-state index in [1.165, 1.54) is 0 Å². The molecule has 0 fully saturated rings. The van der Waals surface area contributed by atoms with Crippen molar-refractivity contribution in [3.63, 3.8) is 0 Å². The summed E-state index contributed by atoms with van der Waals surface area (Å²) in [4.78, 5) is 0. The highest BCUT2D eigenvalue weighted by atomic mass is 16.5. The van der Waals surface area contributed by atoms with E-state index in [9.17, 15) is 0 Å².